The van der Waals surface area contributed by atoms with Gasteiger partial charge in [0.1, 0.15) is 0 Å². The van der Waals surface area contributed by atoms with E-state index in [0.717, 1.165) is 6.42 Å². The minimum Gasteiger partial charge on any atom is -0.466 e. The Labute approximate surface area is 88.0 Å². The number of hydrogen-bond donors (Lipinski definition) is 0. The topological polar surface area (TPSA) is 26.3 Å². The molecule has 84 valence electrons. The van der Waals surface area contributed by atoms with Gasteiger partial charge in [0, 0.05) is 6.42 Å². The zero-order valence-corrected chi connectivity index (χ0v) is 9.84. The fourth-order valence-electron chi connectivity index (χ4n) is 1.53. The third-order valence-corrected chi connectivity index (χ3v) is 2.37. The van der Waals surface area contributed by atoms with Crippen LogP contribution in [-0.2, 0) is 9.53 Å². The van der Waals surface area contributed by atoms with Gasteiger partial charge >= 0.3 is 5.97 Å². The van der Waals surface area contributed by atoms with E-state index in [4.69, 9.17) is 4.74 Å². The molecule has 0 aliphatic heterocycles. The maximum absolute atomic E-state index is 11.1. The Bertz CT molecular complexity index is 143. The zero-order chi connectivity index (χ0) is 10.8. The SMILES string of the molecule is CCCCCC[C@@H](C)CC(=O)OCC. The van der Waals surface area contributed by atoms with Gasteiger partial charge in [0.15, 0.2) is 0 Å². The van der Waals surface area contributed by atoms with Crippen LogP contribution in [0.3, 0.4) is 0 Å². The van der Waals surface area contributed by atoms with Crippen molar-refractivity contribution in [3.05, 3.63) is 0 Å². The van der Waals surface area contributed by atoms with Crippen LogP contribution in [0.5, 0.6) is 0 Å². The van der Waals surface area contributed by atoms with Crippen LogP contribution in [0.1, 0.15) is 59.3 Å². The van der Waals surface area contributed by atoms with Crippen molar-refractivity contribution in [2.75, 3.05) is 6.61 Å². The highest BCUT2D eigenvalue weighted by molar-refractivity contribution is 5.69. The summed E-state index contributed by atoms with van der Waals surface area (Å²) in [6.45, 7) is 6.69. The first-order valence-electron chi connectivity index (χ1n) is 5.86. The lowest BCUT2D eigenvalue weighted by atomic mass is 10.00. The number of unbranched alkanes of at least 4 members (excludes halogenated alkanes) is 3. The molecule has 0 unspecified atom stereocenters. The van der Waals surface area contributed by atoms with Crippen molar-refractivity contribution in [2.45, 2.75) is 59.3 Å². The summed E-state index contributed by atoms with van der Waals surface area (Å²) in [6.07, 6.45) is 6.86. The van der Waals surface area contributed by atoms with E-state index < -0.39 is 0 Å². The quantitative estimate of drug-likeness (QED) is 0.442. The summed E-state index contributed by atoms with van der Waals surface area (Å²) in [4.78, 5) is 11.1. The van der Waals surface area contributed by atoms with Gasteiger partial charge in [-0.15, -0.1) is 0 Å². The molecule has 2 nitrogen and oxygen atoms in total. The van der Waals surface area contributed by atoms with E-state index in [2.05, 4.69) is 13.8 Å². The van der Waals surface area contributed by atoms with Gasteiger partial charge in [-0.1, -0.05) is 46.0 Å². The molecule has 0 aromatic carbocycles. The van der Waals surface area contributed by atoms with Crippen LogP contribution < -0.4 is 0 Å². The molecule has 0 N–H and O–H groups in total. The van der Waals surface area contributed by atoms with Crippen LogP contribution in [0.25, 0.3) is 0 Å². The fourth-order valence-corrected chi connectivity index (χ4v) is 1.53. The highest BCUT2D eigenvalue weighted by Crippen LogP contribution is 2.14. The highest BCUT2D eigenvalue weighted by atomic mass is 16.5. The summed E-state index contributed by atoms with van der Waals surface area (Å²) < 4.78 is 4.90. The van der Waals surface area contributed by atoms with E-state index >= 15 is 0 Å². The lowest BCUT2D eigenvalue weighted by Crippen LogP contribution is -2.09. The van der Waals surface area contributed by atoms with Gasteiger partial charge in [0.2, 0.25) is 0 Å². The van der Waals surface area contributed by atoms with Gasteiger partial charge in [0.25, 0.3) is 0 Å². The van der Waals surface area contributed by atoms with Crippen molar-refractivity contribution < 1.29 is 9.53 Å². The van der Waals surface area contributed by atoms with Crippen molar-refractivity contribution in [1.29, 1.82) is 0 Å². The Kier molecular flexibility index (Phi) is 8.70. The first kappa shape index (κ1) is 13.5. The molecule has 0 rings (SSSR count). The van der Waals surface area contributed by atoms with E-state index in [9.17, 15) is 4.79 Å². The highest BCUT2D eigenvalue weighted by Gasteiger charge is 2.08. The standard InChI is InChI=1S/C12H24O2/c1-4-6-7-8-9-11(3)10-12(13)14-5-2/h11H,4-10H2,1-3H3/t11-/m1/s1. The van der Waals surface area contributed by atoms with E-state index in [1.165, 1.54) is 25.7 Å². The molecule has 1 atom stereocenters. The average Bonchev–Trinajstić information content (AvgIpc) is 2.13. The van der Waals surface area contributed by atoms with Gasteiger partial charge < -0.3 is 4.74 Å². The second-order valence-electron chi connectivity index (χ2n) is 3.96. The Morgan fingerprint density at radius 1 is 1.21 bits per heavy atom. The molecule has 0 heterocycles. The minimum atomic E-state index is -0.0458. The second kappa shape index (κ2) is 9.04. The zero-order valence-electron chi connectivity index (χ0n) is 9.84. The predicted molar refractivity (Wildman–Crippen MR) is 59.2 cm³/mol. The summed E-state index contributed by atoms with van der Waals surface area (Å²) >= 11 is 0. The second-order valence-corrected chi connectivity index (χ2v) is 3.96. The van der Waals surface area contributed by atoms with Crippen LogP contribution >= 0.6 is 0 Å². The molecule has 0 bridgehead atoms. The maximum Gasteiger partial charge on any atom is 0.306 e. The number of hydrogen-bond acceptors (Lipinski definition) is 2. The summed E-state index contributed by atoms with van der Waals surface area (Å²) in [5, 5.41) is 0. The van der Waals surface area contributed by atoms with Gasteiger partial charge in [-0.25, -0.2) is 0 Å². The molecule has 14 heavy (non-hydrogen) atoms. The number of esters is 1. The fraction of sp³-hybridized carbons (Fsp3) is 0.917. The van der Waals surface area contributed by atoms with E-state index in [0.29, 0.717) is 18.9 Å². The van der Waals surface area contributed by atoms with Gasteiger partial charge in [-0.05, 0) is 12.8 Å². The van der Waals surface area contributed by atoms with Crippen LogP contribution in [0.4, 0.5) is 0 Å². The molecule has 2 heteroatoms. The molecule has 0 radical (unpaired) electrons. The van der Waals surface area contributed by atoms with E-state index in [1.54, 1.807) is 0 Å². The van der Waals surface area contributed by atoms with Gasteiger partial charge in [-0.3, -0.25) is 4.79 Å². The van der Waals surface area contributed by atoms with E-state index in [-0.39, 0.29) is 5.97 Å². The molecular weight excluding hydrogens is 176 g/mol. The smallest absolute Gasteiger partial charge is 0.306 e. The largest absolute Gasteiger partial charge is 0.466 e. The first-order chi connectivity index (χ1) is 6.70. The number of rotatable bonds is 8. The van der Waals surface area contributed by atoms with Crippen molar-refractivity contribution in [1.82, 2.24) is 0 Å². The summed E-state index contributed by atoms with van der Waals surface area (Å²) in [7, 11) is 0. The van der Waals surface area contributed by atoms with Crippen LogP contribution in [0.2, 0.25) is 0 Å². The molecule has 0 spiro atoms. The van der Waals surface area contributed by atoms with Gasteiger partial charge in [0.05, 0.1) is 6.61 Å². The predicted octanol–water partition coefficient (Wildman–Crippen LogP) is 3.55. The molecule has 0 saturated carbocycles. The summed E-state index contributed by atoms with van der Waals surface area (Å²) in [5.74, 6) is 0.432. The molecule has 0 aromatic heterocycles. The third-order valence-electron chi connectivity index (χ3n) is 2.37. The Balaban J connectivity index is 3.35. The first-order valence-corrected chi connectivity index (χ1v) is 5.86. The van der Waals surface area contributed by atoms with Crippen LogP contribution in [0, 0.1) is 5.92 Å². The Morgan fingerprint density at radius 3 is 2.50 bits per heavy atom. The summed E-state index contributed by atoms with van der Waals surface area (Å²) in [6, 6.07) is 0. The van der Waals surface area contributed by atoms with Crippen LogP contribution in [-0.4, -0.2) is 12.6 Å². The Morgan fingerprint density at radius 2 is 1.93 bits per heavy atom. The molecule has 0 saturated heterocycles. The lowest BCUT2D eigenvalue weighted by Gasteiger charge is -2.09. The van der Waals surface area contributed by atoms with Crippen molar-refractivity contribution >= 4 is 5.97 Å². The normalized spacial score (nSPS) is 12.5. The van der Waals surface area contributed by atoms with Crippen molar-refractivity contribution in [3.8, 4) is 0 Å². The van der Waals surface area contributed by atoms with Crippen molar-refractivity contribution in [3.63, 3.8) is 0 Å². The summed E-state index contributed by atoms with van der Waals surface area (Å²) in [5.41, 5.74) is 0. The number of carbonyl (C=O) groups is 1. The average molecular weight is 200 g/mol. The molecule has 0 aliphatic rings. The third kappa shape index (κ3) is 8.09. The lowest BCUT2D eigenvalue weighted by molar-refractivity contribution is -0.144. The number of carbonyl (C=O) groups excluding carboxylic acids is 1. The number of ether oxygens (including phenoxy) is 1. The molecular formula is C12H24O2. The molecule has 0 aliphatic carbocycles. The molecule has 0 aromatic rings. The van der Waals surface area contributed by atoms with Gasteiger partial charge in [-0.2, -0.15) is 0 Å². The Hall–Kier alpha value is -0.530. The molecule has 0 fully saturated rings. The van der Waals surface area contributed by atoms with E-state index in [1.807, 2.05) is 6.92 Å². The monoisotopic (exact) mass is 200 g/mol. The minimum absolute atomic E-state index is 0.0458. The molecule has 0 amide bonds. The van der Waals surface area contributed by atoms with Crippen LogP contribution in [0.15, 0.2) is 0 Å². The maximum atomic E-state index is 11.1. The van der Waals surface area contributed by atoms with Crippen molar-refractivity contribution in [2.24, 2.45) is 5.92 Å².